The van der Waals surface area contributed by atoms with Crippen LogP contribution in [0.15, 0.2) is 34.9 Å². The van der Waals surface area contributed by atoms with Crippen LogP contribution in [0.1, 0.15) is 46.4 Å². The fourth-order valence-electron chi connectivity index (χ4n) is 2.94. The van der Waals surface area contributed by atoms with Gasteiger partial charge in [-0.2, -0.15) is 4.98 Å². The predicted molar refractivity (Wildman–Crippen MR) is 89.3 cm³/mol. The van der Waals surface area contributed by atoms with E-state index in [-0.39, 0.29) is 6.09 Å². The van der Waals surface area contributed by atoms with Crippen molar-refractivity contribution in [3.63, 3.8) is 0 Å². The van der Waals surface area contributed by atoms with Crippen molar-refractivity contribution in [2.24, 2.45) is 0 Å². The molecule has 0 N–H and O–H groups in total. The Morgan fingerprint density at radius 2 is 2.00 bits per heavy atom. The number of rotatable bonds is 2. The first-order valence-corrected chi connectivity index (χ1v) is 8.20. The maximum Gasteiger partial charge on any atom is 0.411 e. The second-order valence-corrected chi connectivity index (χ2v) is 7.30. The number of ether oxygens (including phenoxy) is 1. The number of carbonyl (C=O) groups is 1. The summed E-state index contributed by atoms with van der Waals surface area (Å²) in [6, 6.07) is 9.65. The summed E-state index contributed by atoms with van der Waals surface area (Å²) in [6.07, 6.45) is 1.29. The number of amides is 1. The van der Waals surface area contributed by atoms with Gasteiger partial charge in [0.05, 0.1) is 0 Å². The molecule has 1 fully saturated rings. The Morgan fingerprint density at radius 1 is 1.29 bits per heavy atom. The molecule has 1 amide bonds. The van der Waals surface area contributed by atoms with E-state index in [1.807, 2.05) is 58.0 Å². The quantitative estimate of drug-likeness (QED) is 0.833. The van der Waals surface area contributed by atoms with Crippen LogP contribution in [0.4, 0.5) is 4.79 Å². The highest BCUT2D eigenvalue weighted by atomic mass is 16.6. The maximum atomic E-state index is 12.5. The van der Waals surface area contributed by atoms with E-state index in [1.54, 1.807) is 4.90 Å². The highest BCUT2D eigenvalue weighted by molar-refractivity contribution is 5.70. The van der Waals surface area contributed by atoms with Crippen LogP contribution in [0.25, 0.3) is 11.4 Å². The summed E-state index contributed by atoms with van der Waals surface area (Å²) < 4.78 is 11.0. The lowest BCUT2D eigenvalue weighted by molar-refractivity contribution is 0.00443. The van der Waals surface area contributed by atoms with Gasteiger partial charge in [0, 0.05) is 12.1 Å². The third kappa shape index (κ3) is 3.13. The van der Waals surface area contributed by atoms with Crippen molar-refractivity contribution in [1.29, 1.82) is 0 Å². The number of hydrogen-bond donors (Lipinski definition) is 0. The summed E-state index contributed by atoms with van der Waals surface area (Å²) in [5.41, 5.74) is -0.287. The van der Waals surface area contributed by atoms with Gasteiger partial charge in [-0.1, -0.05) is 35.5 Å². The standard InChI is InChI=1S/C18H23N3O3/c1-17(2,3)23-16(22)21-12-8-11-18(21,4)15-19-14(20-24-15)13-9-6-5-7-10-13/h5-7,9-10H,8,11-12H2,1-4H3/t18-/m0/s1. The van der Waals surface area contributed by atoms with Gasteiger partial charge < -0.3 is 9.26 Å². The van der Waals surface area contributed by atoms with Crippen LogP contribution in [0.5, 0.6) is 0 Å². The fourth-order valence-corrected chi connectivity index (χ4v) is 2.94. The fraction of sp³-hybridized carbons (Fsp3) is 0.500. The second-order valence-electron chi connectivity index (χ2n) is 7.30. The van der Waals surface area contributed by atoms with Crippen LogP contribution < -0.4 is 0 Å². The van der Waals surface area contributed by atoms with E-state index in [1.165, 1.54) is 0 Å². The zero-order valence-electron chi connectivity index (χ0n) is 14.6. The molecule has 2 aromatic rings. The van der Waals surface area contributed by atoms with Gasteiger partial charge in [-0.15, -0.1) is 0 Å². The van der Waals surface area contributed by atoms with Crippen molar-refractivity contribution in [2.75, 3.05) is 6.54 Å². The molecule has 0 radical (unpaired) electrons. The lowest BCUT2D eigenvalue weighted by Crippen LogP contribution is -2.45. The van der Waals surface area contributed by atoms with E-state index in [0.29, 0.717) is 18.3 Å². The van der Waals surface area contributed by atoms with Crippen molar-refractivity contribution >= 4 is 6.09 Å². The summed E-state index contributed by atoms with van der Waals surface area (Å²) in [4.78, 5) is 18.8. The summed E-state index contributed by atoms with van der Waals surface area (Å²) in [7, 11) is 0. The van der Waals surface area contributed by atoms with Crippen LogP contribution >= 0.6 is 0 Å². The van der Waals surface area contributed by atoms with Gasteiger partial charge in [0.2, 0.25) is 5.82 Å². The van der Waals surface area contributed by atoms with E-state index < -0.39 is 11.1 Å². The summed E-state index contributed by atoms with van der Waals surface area (Å²) in [5, 5.41) is 4.08. The Hall–Kier alpha value is -2.37. The minimum absolute atomic E-state index is 0.345. The first-order chi connectivity index (χ1) is 11.3. The molecule has 6 heteroatoms. The zero-order chi connectivity index (χ0) is 17.4. The number of carbonyl (C=O) groups excluding carboxylic acids is 1. The van der Waals surface area contributed by atoms with Gasteiger partial charge in [0.1, 0.15) is 11.1 Å². The van der Waals surface area contributed by atoms with Gasteiger partial charge in [-0.3, -0.25) is 4.90 Å². The van der Waals surface area contributed by atoms with Crippen molar-refractivity contribution in [3.05, 3.63) is 36.2 Å². The normalized spacial score (nSPS) is 21.1. The van der Waals surface area contributed by atoms with Crippen molar-refractivity contribution in [1.82, 2.24) is 15.0 Å². The Labute approximate surface area is 141 Å². The van der Waals surface area contributed by atoms with Crippen molar-refractivity contribution < 1.29 is 14.1 Å². The second kappa shape index (κ2) is 5.92. The van der Waals surface area contributed by atoms with Crippen LogP contribution in [0.3, 0.4) is 0 Å². The largest absolute Gasteiger partial charge is 0.444 e. The molecule has 1 saturated heterocycles. The minimum atomic E-state index is -0.637. The number of hydrogen-bond acceptors (Lipinski definition) is 5. The van der Waals surface area contributed by atoms with Gasteiger partial charge in [0.25, 0.3) is 5.89 Å². The molecule has 1 aromatic carbocycles. The average Bonchev–Trinajstić information content (AvgIpc) is 3.14. The molecule has 6 nitrogen and oxygen atoms in total. The topological polar surface area (TPSA) is 68.5 Å². The van der Waals surface area contributed by atoms with Gasteiger partial charge in [0.15, 0.2) is 0 Å². The molecule has 1 aliphatic rings. The summed E-state index contributed by atoms with van der Waals surface area (Å²) in [6.45, 7) is 8.15. The Bertz CT molecular complexity index is 721. The number of benzene rings is 1. The smallest absolute Gasteiger partial charge is 0.411 e. The molecule has 128 valence electrons. The molecule has 2 heterocycles. The Balaban J connectivity index is 1.87. The molecule has 1 aromatic heterocycles. The first-order valence-electron chi connectivity index (χ1n) is 8.20. The summed E-state index contributed by atoms with van der Waals surface area (Å²) in [5.74, 6) is 0.979. The van der Waals surface area contributed by atoms with E-state index in [2.05, 4.69) is 10.1 Å². The zero-order valence-corrected chi connectivity index (χ0v) is 14.6. The first kappa shape index (κ1) is 16.5. The number of likely N-dealkylation sites (tertiary alicyclic amines) is 1. The highest BCUT2D eigenvalue weighted by Crippen LogP contribution is 2.39. The van der Waals surface area contributed by atoms with E-state index in [4.69, 9.17) is 9.26 Å². The Morgan fingerprint density at radius 3 is 2.67 bits per heavy atom. The monoisotopic (exact) mass is 329 g/mol. The molecular formula is C18H23N3O3. The number of aromatic nitrogens is 2. The molecule has 0 unspecified atom stereocenters. The molecule has 1 aliphatic heterocycles. The van der Waals surface area contributed by atoms with Gasteiger partial charge >= 0.3 is 6.09 Å². The molecule has 0 bridgehead atoms. The van der Waals surface area contributed by atoms with Crippen LogP contribution in [0.2, 0.25) is 0 Å². The molecule has 0 saturated carbocycles. The van der Waals surface area contributed by atoms with Gasteiger partial charge in [-0.25, -0.2) is 4.79 Å². The van der Waals surface area contributed by atoms with Crippen LogP contribution in [-0.2, 0) is 10.3 Å². The lowest BCUT2D eigenvalue weighted by Gasteiger charge is -2.33. The molecular weight excluding hydrogens is 306 g/mol. The highest BCUT2D eigenvalue weighted by Gasteiger charge is 2.47. The third-order valence-corrected chi connectivity index (χ3v) is 4.17. The number of nitrogens with zero attached hydrogens (tertiary/aromatic N) is 3. The van der Waals surface area contributed by atoms with E-state index in [0.717, 1.165) is 18.4 Å². The minimum Gasteiger partial charge on any atom is -0.444 e. The molecule has 3 rings (SSSR count). The van der Waals surface area contributed by atoms with Crippen molar-refractivity contribution in [3.8, 4) is 11.4 Å². The predicted octanol–water partition coefficient (Wildman–Crippen LogP) is 3.98. The summed E-state index contributed by atoms with van der Waals surface area (Å²) >= 11 is 0. The molecule has 0 spiro atoms. The molecule has 1 atom stereocenters. The van der Waals surface area contributed by atoms with Crippen molar-refractivity contribution in [2.45, 2.75) is 51.7 Å². The van der Waals surface area contributed by atoms with Crippen LogP contribution in [0, 0.1) is 0 Å². The SMILES string of the molecule is CC(C)(C)OC(=O)N1CCC[C@@]1(C)c1nc(-c2ccccc2)no1. The van der Waals surface area contributed by atoms with Gasteiger partial charge in [-0.05, 0) is 40.5 Å². The maximum absolute atomic E-state index is 12.5. The molecule has 0 aliphatic carbocycles. The lowest BCUT2D eigenvalue weighted by atomic mass is 9.99. The average molecular weight is 329 g/mol. The third-order valence-electron chi connectivity index (χ3n) is 4.17. The van der Waals surface area contributed by atoms with Crippen LogP contribution in [-0.4, -0.2) is 33.3 Å². The molecule has 24 heavy (non-hydrogen) atoms. The van der Waals surface area contributed by atoms with E-state index >= 15 is 0 Å². The Kier molecular flexibility index (Phi) is 4.07. The van der Waals surface area contributed by atoms with E-state index in [9.17, 15) is 4.79 Å².